The van der Waals surface area contributed by atoms with Crippen molar-refractivity contribution in [3.63, 3.8) is 0 Å². The topological polar surface area (TPSA) is 145 Å². The molecule has 0 bridgehead atoms. The average Bonchev–Trinajstić information content (AvgIpc) is 2.95. The van der Waals surface area contributed by atoms with Crippen LogP contribution in [0.1, 0.15) is 31.7 Å². The van der Waals surface area contributed by atoms with E-state index in [4.69, 9.17) is 9.84 Å². The second-order valence-electron chi connectivity index (χ2n) is 7.01. The first-order valence-corrected chi connectivity index (χ1v) is 9.73. The Labute approximate surface area is 174 Å². The summed E-state index contributed by atoms with van der Waals surface area (Å²) in [7, 11) is 0. The summed E-state index contributed by atoms with van der Waals surface area (Å²) in [5, 5.41) is 23.9. The lowest BCUT2D eigenvalue weighted by Gasteiger charge is -2.14. The quantitative estimate of drug-likeness (QED) is 0.226. The van der Waals surface area contributed by atoms with Crippen molar-refractivity contribution in [3.05, 3.63) is 23.8 Å². The maximum Gasteiger partial charge on any atom is 0.232 e. The van der Waals surface area contributed by atoms with Gasteiger partial charge in [0.1, 0.15) is 5.75 Å². The number of nitrogens with one attached hydrogen (secondary N) is 2. The van der Waals surface area contributed by atoms with Crippen LogP contribution in [-0.2, 0) is 30.5 Å². The van der Waals surface area contributed by atoms with Gasteiger partial charge in [-0.2, -0.15) is 0 Å². The summed E-state index contributed by atoms with van der Waals surface area (Å²) >= 11 is 0. The fraction of sp³-hybridized carbons (Fsp3) is 0.500. The van der Waals surface area contributed by atoms with E-state index in [9.17, 15) is 24.3 Å². The maximum absolute atomic E-state index is 11.9. The number of aromatic hydroxyl groups is 1. The molecule has 4 amide bonds. The predicted molar refractivity (Wildman–Crippen MR) is 106 cm³/mol. The molecule has 2 rings (SSSR count). The summed E-state index contributed by atoms with van der Waals surface area (Å²) in [4.78, 5) is 48.3. The molecule has 1 saturated heterocycles. The third kappa shape index (κ3) is 6.82. The molecular formula is C20H27N3O7. The zero-order valence-electron chi connectivity index (χ0n) is 16.8. The van der Waals surface area contributed by atoms with Crippen molar-refractivity contribution < 1.29 is 34.1 Å². The molecule has 10 heteroatoms. The van der Waals surface area contributed by atoms with Gasteiger partial charge in [0.15, 0.2) is 0 Å². The molecule has 0 spiro atoms. The molecule has 1 unspecified atom stereocenters. The molecular weight excluding hydrogens is 394 g/mol. The van der Waals surface area contributed by atoms with Gasteiger partial charge in [0, 0.05) is 31.7 Å². The van der Waals surface area contributed by atoms with Crippen molar-refractivity contribution in [1.29, 1.82) is 0 Å². The second kappa shape index (κ2) is 11.3. The number of carbonyl (C=O) groups excluding carboxylic acids is 4. The smallest absolute Gasteiger partial charge is 0.232 e. The number of nitrogens with zero attached hydrogens (tertiary/aromatic N) is 1. The number of benzene rings is 1. The third-order valence-electron chi connectivity index (χ3n) is 4.59. The molecule has 1 heterocycles. The van der Waals surface area contributed by atoms with Crippen LogP contribution in [0.15, 0.2) is 18.2 Å². The minimum Gasteiger partial charge on any atom is -0.506 e. The Bertz CT molecular complexity index is 797. The molecule has 1 aromatic carbocycles. The highest BCUT2D eigenvalue weighted by Crippen LogP contribution is 2.24. The van der Waals surface area contributed by atoms with E-state index >= 15 is 0 Å². The van der Waals surface area contributed by atoms with Crippen LogP contribution in [0.25, 0.3) is 0 Å². The van der Waals surface area contributed by atoms with E-state index in [1.807, 2.05) is 0 Å². The Morgan fingerprint density at radius 1 is 1.20 bits per heavy atom. The van der Waals surface area contributed by atoms with Gasteiger partial charge in [-0.3, -0.25) is 24.1 Å². The van der Waals surface area contributed by atoms with Gasteiger partial charge in [-0.1, -0.05) is 13.0 Å². The van der Waals surface area contributed by atoms with Gasteiger partial charge < -0.3 is 25.6 Å². The Balaban J connectivity index is 1.57. The molecule has 1 fully saturated rings. The zero-order chi connectivity index (χ0) is 22.1. The molecule has 1 aliphatic heterocycles. The summed E-state index contributed by atoms with van der Waals surface area (Å²) in [6, 6.07) is 4.38. The van der Waals surface area contributed by atoms with E-state index < -0.39 is 5.91 Å². The fourth-order valence-electron chi connectivity index (χ4n) is 2.90. The van der Waals surface area contributed by atoms with E-state index in [0.29, 0.717) is 5.56 Å². The number of ether oxygens (including phenoxy) is 1. The van der Waals surface area contributed by atoms with Crippen LogP contribution < -0.4 is 10.6 Å². The molecule has 0 radical (unpaired) electrons. The highest BCUT2D eigenvalue weighted by atomic mass is 16.5. The number of hydrogen-bond acceptors (Lipinski definition) is 7. The van der Waals surface area contributed by atoms with Crippen LogP contribution in [0.2, 0.25) is 0 Å². The molecule has 4 N–H and O–H groups in total. The van der Waals surface area contributed by atoms with Crippen LogP contribution in [0.4, 0.5) is 5.69 Å². The van der Waals surface area contributed by atoms with Crippen molar-refractivity contribution in [2.24, 2.45) is 5.92 Å². The first-order valence-electron chi connectivity index (χ1n) is 9.73. The molecule has 1 aromatic rings. The number of amides is 4. The maximum atomic E-state index is 11.9. The first-order chi connectivity index (χ1) is 14.3. The lowest BCUT2D eigenvalue weighted by atomic mass is 10.1. The van der Waals surface area contributed by atoms with E-state index in [2.05, 4.69) is 10.6 Å². The van der Waals surface area contributed by atoms with Crippen LogP contribution in [0, 0.1) is 5.92 Å². The Kier molecular flexibility index (Phi) is 8.75. The highest BCUT2D eigenvalue weighted by Gasteiger charge is 2.34. The Morgan fingerprint density at radius 2 is 1.97 bits per heavy atom. The van der Waals surface area contributed by atoms with Gasteiger partial charge in [-0.15, -0.1) is 0 Å². The van der Waals surface area contributed by atoms with Gasteiger partial charge in [0.05, 0.1) is 32.1 Å². The average molecular weight is 421 g/mol. The van der Waals surface area contributed by atoms with E-state index in [-0.39, 0.29) is 87.2 Å². The monoisotopic (exact) mass is 421 g/mol. The predicted octanol–water partition coefficient (Wildman–Crippen LogP) is 0.131. The van der Waals surface area contributed by atoms with Gasteiger partial charge in [0.2, 0.25) is 23.6 Å². The molecule has 1 aliphatic rings. The number of imide groups is 1. The number of likely N-dealkylation sites (tertiary alicyclic amines) is 1. The molecule has 0 aliphatic carbocycles. The highest BCUT2D eigenvalue weighted by molar-refractivity contribution is 6.03. The second-order valence-corrected chi connectivity index (χ2v) is 7.01. The van der Waals surface area contributed by atoms with Crippen molar-refractivity contribution >= 4 is 29.3 Å². The summed E-state index contributed by atoms with van der Waals surface area (Å²) in [5.41, 5.74) is 0.736. The van der Waals surface area contributed by atoms with E-state index in [1.54, 1.807) is 6.92 Å². The van der Waals surface area contributed by atoms with Gasteiger partial charge in [0.25, 0.3) is 0 Å². The minimum atomic E-state index is -0.397. The van der Waals surface area contributed by atoms with Gasteiger partial charge >= 0.3 is 0 Å². The molecule has 30 heavy (non-hydrogen) atoms. The first kappa shape index (κ1) is 23.3. The zero-order valence-corrected chi connectivity index (χ0v) is 16.8. The Morgan fingerprint density at radius 3 is 2.63 bits per heavy atom. The van der Waals surface area contributed by atoms with Crippen molar-refractivity contribution in [2.75, 3.05) is 31.6 Å². The van der Waals surface area contributed by atoms with Crippen LogP contribution >= 0.6 is 0 Å². The number of aliphatic hydroxyl groups is 1. The van der Waals surface area contributed by atoms with Crippen molar-refractivity contribution in [1.82, 2.24) is 10.2 Å². The normalized spacial score (nSPS) is 16.1. The number of aliphatic hydroxyl groups excluding tert-OH is 1. The van der Waals surface area contributed by atoms with E-state index in [1.165, 1.54) is 23.1 Å². The number of hydrogen-bond donors (Lipinski definition) is 4. The largest absolute Gasteiger partial charge is 0.506 e. The van der Waals surface area contributed by atoms with Crippen LogP contribution in [0.5, 0.6) is 5.75 Å². The molecule has 1 atom stereocenters. The summed E-state index contributed by atoms with van der Waals surface area (Å²) in [6.07, 6.45) is 0.313. The van der Waals surface area contributed by atoms with Crippen LogP contribution in [-0.4, -0.2) is 65.0 Å². The summed E-state index contributed by atoms with van der Waals surface area (Å²) in [6.45, 7) is 2.07. The Hall–Kier alpha value is -2.98. The number of rotatable bonds is 11. The molecule has 10 nitrogen and oxygen atoms in total. The molecule has 164 valence electrons. The van der Waals surface area contributed by atoms with Gasteiger partial charge in [-0.25, -0.2) is 0 Å². The SMILES string of the molecule is CC1CC(=O)N(CCOCCC(=O)NCCC(=O)Nc2cc(CO)ccc2O)C1=O. The number of anilines is 1. The minimum absolute atomic E-state index is 0.00670. The fourth-order valence-corrected chi connectivity index (χ4v) is 2.90. The summed E-state index contributed by atoms with van der Waals surface area (Å²) < 4.78 is 5.31. The van der Waals surface area contributed by atoms with E-state index in [0.717, 1.165) is 0 Å². The standard InChI is InChI=1S/C20H27N3O7/c1-13-10-19(28)23(20(13)29)7-9-30-8-5-17(26)21-6-4-18(27)22-15-11-14(12-24)2-3-16(15)25/h2-3,11,13,24-25H,4-10,12H2,1H3,(H,21,26)(H,22,27). The lowest BCUT2D eigenvalue weighted by molar-refractivity contribution is -0.140. The third-order valence-corrected chi connectivity index (χ3v) is 4.59. The summed E-state index contributed by atoms with van der Waals surface area (Å²) in [5.74, 6) is -1.50. The molecule has 0 aromatic heterocycles. The van der Waals surface area contributed by atoms with Crippen molar-refractivity contribution in [3.8, 4) is 5.75 Å². The van der Waals surface area contributed by atoms with Crippen molar-refractivity contribution in [2.45, 2.75) is 32.8 Å². The van der Waals surface area contributed by atoms with Crippen LogP contribution in [0.3, 0.4) is 0 Å². The number of phenols is 1. The molecule has 0 saturated carbocycles. The number of phenolic OH excluding ortho intramolecular Hbond substituents is 1. The number of carbonyl (C=O) groups is 4. The lowest BCUT2D eigenvalue weighted by Crippen LogP contribution is -2.34. The van der Waals surface area contributed by atoms with Gasteiger partial charge in [-0.05, 0) is 17.7 Å².